The molecular weight excluding hydrogens is 390 g/mol. The Hall–Kier alpha value is -4.17. The smallest absolute Gasteiger partial charge is 0.138 e. The van der Waals surface area contributed by atoms with Gasteiger partial charge in [0.25, 0.3) is 0 Å². The average Bonchev–Trinajstić information content (AvgIpc) is 2.86. The van der Waals surface area contributed by atoms with Crippen molar-refractivity contribution in [3.8, 4) is 5.75 Å². The first-order valence-electron chi connectivity index (χ1n) is 10.7. The van der Waals surface area contributed by atoms with Crippen LogP contribution >= 0.6 is 0 Å². The topological polar surface area (TPSA) is 21.6 Å². The first kappa shape index (κ1) is 19.8. The largest absolute Gasteiger partial charge is 0.456 e. The SMILES string of the molecule is CC1=C(c2ccccc2)Oc2ccccc2/C1=C\C(=Nc1ccccc1)c1ccccc1. The Labute approximate surface area is 188 Å². The van der Waals surface area contributed by atoms with Crippen molar-refractivity contribution in [3.63, 3.8) is 0 Å². The molecule has 0 saturated carbocycles. The summed E-state index contributed by atoms with van der Waals surface area (Å²) in [4.78, 5) is 5.00. The minimum atomic E-state index is 0.857. The van der Waals surface area contributed by atoms with E-state index in [2.05, 4.69) is 43.3 Å². The third-order valence-electron chi connectivity index (χ3n) is 5.53. The summed E-state index contributed by atoms with van der Waals surface area (Å²) in [6, 6.07) is 38.8. The van der Waals surface area contributed by atoms with Crippen molar-refractivity contribution in [3.05, 3.63) is 144 Å². The highest BCUT2D eigenvalue weighted by Gasteiger charge is 2.23. The molecule has 0 saturated heterocycles. The van der Waals surface area contributed by atoms with E-state index < -0.39 is 0 Å². The van der Waals surface area contributed by atoms with Gasteiger partial charge in [-0.1, -0.05) is 97.1 Å². The zero-order valence-electron chi connectivity index (χ0n) is 17.9. The lowest BCUT2D eigenvalue weighted by Crippen LogP contribution is -2.09. The third kappa shape index (κ3) is 4.03. The zero-order valence-corrected chi connectivity index (χ0v) is 17.9. The van der Waals surface area contributed by atoms with E-state index in [9.17, 15) is 0 Å². The maximum absolute atomic E-state index is 6.36. The lowest BCUT2D eigenvalue weighted by Gasteiger charge is -2.25. The van der Waals surface area contributed by atoms with Crippen molar-refractivity contribution >= 4 is 22.7 Å². The summed E-state index contributed by atoms with van der Waals surface area (Å²) < 4.78 is 6.36. The summed E-state index contributed by atoms with van der Waals surface area (Å²) in [6.07, 6.45) is 2.18. The molecule has 0 atom stereocenters. The normalized spacial score (nSPS) is 14.8. The molecule has 0 unspecified atom stereocenters. The molecule has 1 aliphatic rings. The molecule has 0 aromatic heterocycles. The Morgan fingerprint density at radius 3 is 2.00 bits per heavy atom. The summed E-state index contributed by atoms with van der Waals surface area (Å²) >= 11 is 0. The van der Waals surface area contributed by atoms with Crippen LogP contribution in [0.1, 0.15) is 23.6 Å². The fourth-order valence-electron chi connectivity index (χ4n) is 3.91. The number of nitrogens with zero attached hydrogens (tertiary/aromatic N) is 1. The number of hydrogen-bond acceptors (Lipinski definition) is 2. The molecule has 5 rings (SSSR count). The maximum atomic E-state index is 6.36. The molecule has 2 heteroatoms. The number of para-hydroxylation sites is 2. The van der Waals surface area contributed by atoms with Crippen molar-refractivity contribution in [2.75, 3.05) is 0 Å². The van der Waals surface area contributed by atoms with Crippen LogP contribution in [-0.4, -0.2) is 5.71 Å². The number of allylic oxidation sites excluding steroid dienone is 3. The summed E-state index contributed by atoms with van der Waals surface area (Å²) in [5.74, 6) is 1.73. The van der Waals surface area contributed by atoms with Crippen molar-refractivity contribution in [2.45, 2.75) is 6.92 Å². The highest BCUT2D eigenvalue weighted by molar-refractivity contribution is 6.15. The zero-order chi connectivity index (χ0) is 21.8. The van der Waals surface area contributed by atoms with Gasteiger partial charge >= 0.3 is 0 Å². The molecule has 0 fully saturated rings. The molecule has 4 aromatic rings. The van der Waals surface area contributed by atoms with Crippen LogP contribution in [0.4, 0.5) is 5.69 Å². The van der Waals surface area contributed by atoms with Gasteiger partial charge in [0.1, 0.15) is 11.5 Å². The molecule has 0 N–H and O–H groups in total. The number of benzene rings is 4. The van der Waals surface area contributed by atoms with Crippen LogP contribution in [0, 0.1) is 0 Å². The first-order chi connectivity index (χ1) is 15.8. The molecule has 1 aliphatic heterocycles. The predicted molar refractivity (Wildman–Crippen MR) is 133 cm³/mol. The van der Waals surface area contributed by atoms with Crippen molar-refractivity contribution in [2.24, 2.45) is 4.99 Å². The monoisotopic (exact) mass is 413 g/mol. The van der Waals surface area contributed by atoms with Crippen LogP contribution in [-0.2, 0) is 0 Å². The molecule has 1 heterocycles. The fraction of sp³-hybridized carbons (Fsp3) is 0.0333. The van der Waals surface area contributed by atoms with Crippen molar-refractivity contribution < 1.29 is 4.74 Å². The average molecular weight is 414 g/mol. The molecule has 0 spiro atoms. The molecule has 0 amide bonds. The minimum Gasteiger partial charge on any atom is -0.456 e. The Balaban J connectivity index is 1.72. The van der Waals surface area contributed by atoms with Crippen LogP contribution in [0.25, 0.3) is 11.3 Å². The quantitative estimate of drug-likeness (QED) is 0.314. The summed E-state index contributed by atoms with van der Waals surface area (Å²) in [5, 5.41) is 0. The second-order valence-electron chi connectivity index (χ2n) is 7.68. The van der Waals surface area contributed by atoms with Gasteiger partial charge < -0.3 is 4.74 Å². The van der Waals surface area contributed by atoms with Crippen LogP contribution in [0.5, 0.6) is 5.75 Å². The standard InChI is InChI=1S/C30H23NO/c1-22-27(21-28(23-13-5-2-6-14-23)31-25-17-9-4-10-18-25)26-19-11-12-20-29(26)32-30(22)24-15-7-3-8-16-24/h2-21H,1H3/b27-21-,31-28?. The van der Waals surface area contributed by atoms with Crippen LogP contribution in [0.15, 0.2) is 132 Å². The van der Waals surface area contributed by atoms with Gasteiger partial charge in [-0.3, -0.25) is 0 Å². The number of rotatable bonds is 4. The third-order valence-corrected chi connectivity index (χ3v) is 5.53. The molecule has 32 heavy (non-hydrogen) atoms. The number of ether oxygens (including phenoxy) is 1. The molecule has 154 valence electrons. The van der Waals surface area contributed by atoms with E-state index >= 15 is 0 Å². The number of aliphatic imine (C=N–C) groups is 1. The molecule has 2 nitrogen and oxygen atoms in total. The Morgan fingerprint density at radius 1 is 0.688 bits per heavy atom. The van der Waals surface area contributed by atoms with E-state index in [1.54, 1.807) is 0 Å². The second-order valence-corrected chi connectivity index (χ2v) is 7.68. The van der Waals surface area contributed by atoms with E-state index in [4.69, 9.17) is 9.73 Å². The molecule has 4 aromatic carbocycles. The van der Waals surface area contributed by atoms with Gasteiger partial charge in [0.15, 0.2) is 0 Å². The first-order valence-corrected chi connectivity index (χ1v) is 10.7. The summed E-state index contributed by atoms with van der Waals surface area (Å²) in [5.41, 5.74) is 7.24. The molecule has 0 radical (unpaired) electrons. The predicted octanol–water partition coefficient (Wildman–Crippen LogP) is 7.71. The van der Waals surface area contributed by atoms with Crippen molar-refractivity contribution in [1.82, 2.24) is 0 Å². The lowest BCUT2D eigenvalue weighted by molar-refractivity contribution is 0.505. The van der Waals surface area contributed by atoms with E-state index in [-0.39, 0.29) is 0 Å². The van der Waals surface area contributed by atoms with Crippen LogP contribution in [0.2, 0.25) is 0 Å². The Kier molecular flexibility index (Phi) is 5.50. The maximum Gasteiger partial charge on any atom is 0.138 e. The van der Waals surface area contributed by atoms with E-state index in [1.165, 1.54) is 0 Å². The summed E-state index contributed by atoms with van der Waals surface area (Å²) in [6.45, 7) is 2.12. The van der Waals surface area contributed by atoms with Gasteiger partial charge in [0, 0.05) is 22.3 Å². The van der Waals surface area contributed by atoms with Gasteiger partial charge in [0.05, 0.1) is 11.4 Å². The fourth-order valence-corrected chi connectivity index (χ4v) is 3.91. The second kappa shape index (κ2) is 8.91. The Morgan fingerprint density at radius 2 is 1.28 bits per heavy atom. The highest BCUT2D eigenvalue weighted by atomic mass is 16.5. The lowest BCUT2D eigenvalue weighted by atomic mass is 9.91. The van der Waals surface area contributed by atoms with E-state index in [0.717, 1.165) is 50.7 Å². The van der Waals surface area contributed by atoms with Crippen molar-refractivity contribution in [1.29, 1.82) is 0 Å². The van der Waals surface area contributed by atoms with Crippen LogP contribution in [0.3, 0.4) is 0 Å². The van der Waals surface area contributed by atoms with E-state index in [1.807, 2.05) is 84.9 Å². The van der Waals surface area contributed by atoms with E-state index in [0.29, 0.717) is 0 Å². The molecular formula is C30H23NO. The Bertz CT molecular complexity index is 1320. The molecule has 0 aliphatic carbocycles. The minimum absolute atomic E-state index is 0.857. The van der Waals surface area contributed by atoms with Gasteiger partial charge in [-0.05, 0) is 36.8 Å². The summed E-state index contributed by atoms with van der Waals surface area (Å²) in [7, 11) is 0. The van der Waals surface area contributed by atoms with Gasteiger partial charge in [-0.25, -0.2) is 4.99 Å². The molecule has 0 bridgehead atoms. The van der Waals surface area contributed by atoms with Crippen LogP contribution < -0.4 is 4.74 Å². The van der Waals surface area contributed by atoms with Gasteiger partial charge in [-0.15, -0.1) is 0 Å². The number of fused-ring (bicyclic) bond motifs is 1. The van der Waals surface area contributed by atoms with Gasteiger partial charge in [0.2, 0.25) is 0 Å². The highest BCUT2D eigenvalue weighted by Crippen LogP contribution is 2.41. The van der Waals surface area contributed by atoms with Gasteiger partial charge in [-0.2, -0.15) is 0 Å². The number of hydrogen-bond donors (Lipinski definition) is 0.